The van der Waals surface area contributed by atoms with E-state index in [1.54, 1.807) is 18.3 Å². The maximum absolute atomic E-state index is 13.7. The van der Waals surface area contributed by atoms with E-state index in [0.29, 0.717) is 52.9 Å². The molecule has 242 valence electrons. The minimum absolute atomic E-state index is 0.106. The van der Waals surface area contributed by atoms with Crippen molar-refractivity contribution in [3.63, 3.8) is 0 Å². The molecule has 1 aliphatic carbocycles. The van der Waals surface area contributed by atoms with E-state index in [0.717, 1.165) is 23.3 Å². The van der Waals surface area contributed by atoms with E-state index in [2.05, 4.69) is 10.3 Å². The number of alkyl halides is 3. The number of hydrogen-bond donors (Lipinski definition) is 2. The third-order valence-corrected chi connectivity index (χ3v) is 8.94. The molecule has 0 bridgehead atoms. The van der Waals surface area contributed by atoms with Gasteiger partial charge in [0.25, 0.3) is 0 Å². The number of nitrogens with zero attached hydrogens (tertiary/aromatic N) is 3. The first-order valence-corrected chi connectivity index (χ1v) is 16.0. The summed E-state index contributed by atoms with van der Waals surface area (Å²) in [5.41, 5.74) is 0.185. The molecule has 0 spiro atoms. The van der Waals surface area contributed by atoms with E-state index in [1.807, 2.05) is 64.1 Å². The molecule has 2 aromatic carbocycles. The van der Waals surface area contributed by atoms with Gasteiger partial charge in [0.15, 0.2) is 0 Å². The van der Waals surface area contributed by atoms with E-state index in [4.69, 9.17) is 14.7 Å². The summed E-state index contributed by atoms with van der Waals surface area (Å²) < 4.78 is 46.6. The van der Waals surface area contributed by atoms with Gasteiger partial charge in [-0.05, 0) is 77.1 Å². The van der Waals surface area contributed by atoms with Crippen molar-refractivity contribution < 1.29 is 27.8 Å². The van der Waals surface area contributed by atoms with Gasteiger partial charge in [-0.1, -0.05) is 54.1 Å². The van der Waals surface area contributed by atoms with Crippen LogP contribution in [0.2, 0.25) is 0 Å². The molecular formula is C35H37F3N4O3S. The lowest BCUT2D eigenvalue weighted by atomic mass is 9.94. The van der Waals surface area contributed by atoms with Gasteiger partial charge in [-0.25, -0.2) is 15.0 Å². The number of allylic oxidation sites excluding steroid dienone is 1. The van der Waals surface area contributed by atoms with Crippen LogP contribution < -0.4 is 5.32 Å². The van der Waals surface area contributed by atoms with E-state index in [9.17, 15) is 23.1 Å². The van der Waals surface area contributed by atoms with Crippen molar-refractivity contribution in [2.45, 2.75) is 83.2 Å². The highest BCUT2D eigenvalue weighted by molar-refractivity contribution is 7.15. The lowest BCUT2D eigenvalue weighted by Crippen LogP contribution is -2.25. The predicted molar refractivity (Wildman–Crippen MR) is 173 cm³/mol. The minimum atomic E-state index is -4.54. The standard InChI is InChI=1S/C35H37F3N4O3S/c1-22(24-11-6-5-7-12-24)40-32-39-19-16-27(41-32)30-29(25-13-8-14-26(21-25)35(36,37)38)42-31(46-30)34(44)17-9-10-23(15-18-34)20-28(43)45-33(2,3)4/h5-8,10-14,16,19,21-22,44H,9,15,17-18,20H2,1-4H3,(H,39,40,41)/t22-,34?/m0/s1. The molecule has 1 unspecified atom stereocenters. The zero-order valence-electron chi connectivity index (χ0n) is 26.2. The number of aromatic nitrogens is 3. The van der Waals surface area contributed by atoms with E-state index in [-0.39, 0.29) is 24.0 Å². The molecular weight excluding hydrogens is 613 g/mol. The molecule has 0 radical (unpaired) electrons. The Kier molecular flexibility index (Phi) is 9.65. The number of carbonyl (C=O) groups is 1. The van der Waals surface area contributed by atoms with Crippen LogP contribution in [-0.2, 0) is 21.3 Å². The summed E-state index contributed by atoms with van der Waals surface area (Å²) in [7, 11) is 0. The highest BCUT2D eigenvalue weighted by Crippen LogP contribution is 2.45. The first-order valence-electron chi connectivity index (χ1n) is 15.2. The molecule has 0 saturated heterocycles. The maximum Gasteiger partial charge on any atom is 0.416 e. The van der Waals surface area contributed by atoms with Crippen LogP contribution in [0.5, 0.6) is 0 Å². The number of carbonyl (C=O) groups excluding carboxylic acids is 1. The Morgan fingerprint density at radius 1 is 1.07 bits per heavy atom. The van der Waals surface area contributed by atoms with Gasteiger partial charge in [-0.3, -0.25) is 4.79 Å². The molecule has 2 N–H and O–H groups in total. The summed E-state index contributed by atoms with van der Waals surface area (Å²) in [5, 5.41) is 15.6. The van der Waals surface area contributed by atoms with E-state index >= 15 is 0 Å². The van der Waals surface area contributed by atoms with E-state index < -0.39 is 22.9 Å². The zero-order chi connectivity index (χ0) is 33.1. The van der Waals surface area contributed by atoms with Crippen molar-refractivity contribution in [1.29, 1.82) is 0 Å². The summed E-state index contributed by atoms with van der Waals surface area (Å²) in [6.45, 7) is 7.42. The number of nitrogens with one attached hydrogen (secondary N) is 1. The monoisotopic (exact) mass is 650 g/mol. The Bertz CT molecular complexity index is 1720. The molecule has 1 aliphatic rings. The first kappa shape index (κ1) is 33.3. The van der Waals surface area contributed by atoms with Gasteiger partial charge in [0.2, 0.25) is 5.95 Å². The fraction of sp³-hybridized carbons (Fsp3) is 0.371. The Morgan fingerprint density at radius 2 is 1.83 bits per heavy atom. The number of halogens is 3. The van der Waals surface area contributed by atoms with Crippen LogP contribution in [0.4, 0.5) is 19.1 Å². The third kappa shape index (κ3) is 8.19. The summed E-state index contributed by atoms with van der Waals surface area (Å²) in [4.78, 5) is 26.9. The van der Waals surface area contributed by atoms with Gasteiger partial charge < -0.3 is 15.2 Å². The normalized spacial score (nSPS) is 18.0. The van der Waals surface area contributed by atoms with Gasteiger partial charge in [0, 0.05) is 11.8 Å². The van der Waals surface area contributed by atoms with Crippen LogP contribution in [0.3, 0.4) is 0 Å². The van der Waals surface area contributed by atoms with Crippen molar-refractivity contribution >= 4 is 23.3 Å². The molecule has 4 aromatic rings. The number of hydrogen-bond acceptors (Lipinski definition) is 8. The minimum Gasteiger partial charge on any atom is -0.460 e. The molecule has 0 amide bonds. The number of benzene rings is 2. The lowest BCUT2D eigenvalue weighted by molar-refractivity contribution is -0.154. The number of aliphatic hydroxyl groups is 1. The third-order valence-electron chi connectivity index (χ3n) is 7.66. The molecule has 2 heterocycles. The molecule has 2 atom stereocenters. The fourth-order valence-corrected chi connectivity index (χ4v) is 6.55. The Morgan fingerprint density at radius 3 is 2.54 bits per heavy atom. The SMILES string of the molecule is C[C@H](Nc1nccc(-c2sc(C3(O)CCC=C(CC(=O)OC(C)(C)C)CC3)nc2-c2cccc(C(F)(F)F)c2)n1)c1ccccc1. The summed E-state index contributed by atoms with van der Waals surface area (Å²) in [6.07, 6.45) is 0.719. The van der Waals surface area contributed by atoms with Crippen molar-refractivity contribution in [3.8, 4) is 21.8 Å². The van der Waals surface area contributed by atoms with Gasteiger partial charge in [-0.2, -0.15) is 13.2 Å². The number of rotatable bonds is 8. The van der Waals surface area contributed by atoms with Crippen molar-refractivity contribution in [1.82, 2.24) is 15.0 Å². The largest absolute Gasteiger partial charge is 0.460 e. The molecule has 0 aliphatic heterocycles. The van der Waals surface area contributed by atoms with Crippen LogP contribution >= 0.6 is 11.3 Å². The van der Waals surface area contributed by atoms with Crippen LogP contribution in [0.15, 0.2) is 78.5 Å². The van der Waals surface area contributed by atoms with Gasteiger partial charge in [0.05, 0.1) is 34.3 Å². The Balaban J connectivity index is 1.48. The quantitative estimate of drug-likeness (QED) is 0.145. The average molecular weight is 651 g/mol. The molecule has 0 saturated carbocycles. The van der Waals surface area contributed by atoms with Gasteiger partial charge >= 0.3 is 12.1 Å². The number of ether oxygens (including phenoxy) is 1. The second kappa shape index (κ2) is 13.3. The number of esters is 1. The van der Waals surface area contributed by atoms with Crippen LogP contribution in [0.25, 0.3) is 21.8 Å². The molecule has 11 heteroatoms. The Labute approximate surface area is 270 Å². The fourth-order valence-electron chi connectivity index (χ4n) is 5.35. The van der Waals surface area contributed by atoms with Crippen molar-refractivity contribution in [3.05, 3.63) is 94.6 Å². The molecule has 46 heavy (non-hydrogen) atoms. The first-order chi connectivity index (χ1) is 21.7. The highest BCUT2D eigenvalue weighted by atomic mass is 32.1. The van der Waals surface area contributed by atoms with Crippen molar-refractivity contribution in [2.75, 3.05) is 5.32 Å². The molecule has 0 fully saturated rings. The molecule has 7 nitrogen and oxygen atoms in total. The van der Waals surface area contributed by atoms with Crippen LogP contribution in [0, 0.1) is 0 Å². The predicted octanol–water partition coefficient (Wildman–Crippen LogP) is 8.88. The van der Waals surface area contributed by atoms with Gasteiger partial charge in [0.1, 0.15) is 16.2 Å². The zero-order valence-corrected chi connectivity index (χ0v) is 27.0. The lowest BCUT2D eigenvalue weighted by Gasteiger charge is -2.24. The van der Waals surface area contributed by atoms with Crippen molar-refractivity contribution in [2.24, 2.45) is 0 Å². The second-order valence-electron chi connectivity index (χ2n) is 12.5. The van der Waals surface area contributed by atoms with Gasteiger partial charge in [-0.15, -0.1) is 11.3 Å². The Hall–Kier alpha value is -4.09. The topological polar surface area (TPSA) is 97.2 Å². The summed E-state index contributed by atoms with van der Waals surface area (Å²) in [6, 6.07) is 16.4. The highest BCUT2D eigenvalue weighted by Gasteiger charge is 2.36. The number of anilines is 1. The van der Waals surface area contributed by atoms with E-state index in [1.165, 1.54) is 17.4 Å². The molecule has 5 rings (SSSR count). The summed E-state index contributed by atoms with van der Waals surface area (Å²) in [5.74, 6) is 0.0188. The maximum atomic E-state index is 13.7. The average Bonchev–Trinajstić information content (AvgIpc) is 3.37. The second-order valence-corrected chi connectivity index (χ2v) is 13.5. The number of thiazole rings is 1. The molecule has 2 aromatic heterocycles. The smallest absolute Gasteiger partial charge is 0.416 e. The summed E-state index contributed by atoms with van der Waals surface area (Å²) >= 11 is 1.21. The van der Waals surface area contributed by atoms with Crippen LogP contribution in [-0.4, -0.2) is 31.6 Å². The van der Waals surface area contributed by atoms with Crippen LogP contribution in [0.1, 0.15) is 82.0 Å².